The van der Waals surface area contributed by atoms with Gasteiger partial charge in [-0.25, -0.2) is 0 Å². The van der Waals surface area contributed by atoms with E-state index in [0.717, 1.165) is 57.8 Å². The second-order valence-corrected chi connectivity index (χ2v) is 15.3. The van der Waals surface area contributed by atoms with Gasteiger partial charge in [0.25, 0.3) is 0 Å². The fourth-order valence-electron chi connectivity index (χ4n) is 6.68. The summed E-state index contributed by atoms with van der Waals surface area (Å²) in [6.07, 6.45) is 40.9. The maximum Gasteiger partial charge on any atom is 0.306 e. The van der Waals surface area contributed by atoms with Crippen LogP contribution in [0.2, 0.25) is 0 Å². The molecule has 0 aromatic carbocycles. The van der Waals surface area contributed by atoms with Crippen molar-refractivity contribution in [1.29, 1.82) is 0 Å². The highest BCUT2D eigenvalue weighted by Gasteiger charge is 2.19. The minimum Gasteiger partial charge on any atom is -0.462 e. The van der Waals surface area contributed by atoms with E-state index in [1.807, 2.05) is 0 Å². The van der Waals surface area contributed by atoms with E-state index in [-0.39, 0.29) is 31.1 Å². The molecule has 0 N–H and O–H groups in total. The highest BCUT2D eigenvalue weighted by Crippen LogP contribution is 2.15. The van der Waals surface area contributed by atoms with E-state index in [2.05, 4.69) is 20.8 Å². The van der Waals surface area contributed by atoms with Crippen LogP contribution in [0, 0.1) is 0 Å². The smallest absolute Gasteiger partial charge is 0.306 e. The molecule has 0 aliphatic rings. The summed E-state index contributed by atoms with van der Waals surface area (Å²) < 4.78 is 16.6. The third-order valence-corrected chi connectivity index (χ3v) is 10.1. The molecule has 0 saturated carbocycles. The lowest BCUT2D eigenvalue weighted by Gasteiger charge is -2.18. The predicted molar refractivity (Wildman–Crippen MR) is 215 cm³/mol. The highest BCUT2D eigenvalue weighted by atomic mass is 16.6. The molecule has 0 aliphatic carbocycles. The zero-order valence-corrected chi connectivity index (χ0v) is 34.4. The number of carbonyl (C=O) groups excluding carboxylic acids is 3. The van der Waals surface area contributed by atoms with Gasteiger partial charge in [-0.2, -0.15) is 0 Å². The number of hydrogen-bond donors (Lipinski definition) is 0. The number of ether oxygens (including phenoxy) is 3. The van der Waals surface area contributed by atoms with E-state index in [4.69, 9.17) is 14.2 Å². The van der Waals surface area contributed by atoms with Crippen molar-refractivity contribution in [1.82, 2.24) is 0 Å². The van der Waals surface area contributed by atoms with E-state index >= 15 is 0 Å². The maximum atomic E-state index is 12.6. The molecule has 0 rings (SSSR count). The second kappa shape index (κ2) is 41.2. The summed E-state index contributed by atoms with van der Waals surface area (Å²) in [7, 11) is 0. The Bertz CT molecular complexity index is 707. The lowest BCUT2D eigenvalue weighted by molar-refractivity contribution is -0.167. The van der Waals surface area contributed by atoms with Crippen molar-refractivity contribution in [2.24, 2.45) is 0 Å². The van der Waals surface area contributed by atoms with Crippen molar-refractivity contribution in [3.8, 4) is 0 Å². The summed E-state index contributed by atoms with van der Waals surface area (Å²) in [4.78, 5) is 37.5. The number of esters is 3. The van der Waals surface area contributed by atoms with Crippen LogP contribution < -0.4 is 0 Å². The fourth-order valence-corrected chi connectivity index (χ4v) is 6.68. The zero-order valence-electron chi connectivity index (χ0n) is 34.4. The molecule has 0 fully saturated rings. The van der Waals surface area contributed by atoms with Crippen molar-refractivity contribution < 1.29 is 28.6 Å². The van der Waals surface area contributed by atoms with Crippen LogP contribution in [0.15, 0.2) is 0 Å². The Balaban J connectivity index is 4.23. The molecule has 0 heterocycles. The Morgan fingerprint density at radius 1 is 0.314 bits per heavy atom. The first-order valence-electron chi connectivity index (χ1n) is 22.5. The molecule has 51 heavy (non-hydrogen) atoms. The molecular weight excluding hydrogens is 636 g/mol. The van der Waals surface area contributed by atoms with Crippen LogP contribution in [0.4, 0.5) is 0 Å². The first-order valence-corrected chi connectivity index (χ1v) is 22.5. The van der Waals surface area contributed by atoms with Crippen molar-refractivity contribution in [3.05, 3.63) is 0 Å². The van der Waals surface area contributed by atoms with Crippen LogP contribution in [0.5, 0.6) is 0 Å². The Kier molecular flexibility index (Phi) is 39.9. The number of hydrogen-bond acceptors (Lipinski definition) is 6. The van der Waals surface area contributed by atoms with Crippen molar-refractivity contribution in [3.63, 3.8) is 0 Å². The largest absolute Gasteiger partial charge is 0.462 e. The first-order chi connectivity index (χ1) is 25.0. The standard InChI is InChI=1S/C45H86O6/c1-4-7-10-13-16-18-20-22-24-26-29-31-34-37-43(46)49-40-42(51-45(48)39-36-33-28-15-12-9-6-3)41-50-44(47)38-35-32-30-27-25-23-21-19-17-14-11-8-5-2/h42H,4-41H2,1-3H3. The number of unbranched alkanes of at least 4 members (excludes halogenated alkanes) is 30. The Morgan fingerprint density at radius 3 is 0.784 bits per heavy atom. The minimum absolute atomic E-state index is 0.0634. The fraction of sp³-hybridized carbons (Fsp3) is 0.933. The highest BCUT2D eigenvalue weighted by molar-refractivity contribution is 5.71. The van der Waals surface area contributed by atoms with E-state index in [9.17, 15) is 14.4 Å². The third-order valence-electron chi connectivity index (χ3n) is 10.1. The van der Waals surface area contributed by atoms with E-state index < -0.39 is 6.10 Å². The van der Waals surface area contributed by atoms with E-state index in [1.165, 1.54) is 154 Å². The van der Waals surface area contributed by atoms with Gasteiger partial charge in [0.2, 0.25) is 0 Å². The molecule has 0 spiro atoms. The van der Waals surface area contributed by atoms with E-state index in [1.54, 1.807) is 0 Å². The van der Waals surface area contributed by atoms with Crippen LogP contribution in [0.1, 0.15) is 252 Å². The molecule has 6 heteroatoms. The summed E-state index contributed by atoms with van der Waals surface area (Å²) >= 11 is 0. The maximum absolute atomic E-state index is 12.6. The average Bonchev–Trinajstić information content (AvgIpc) is 3.12. The summed E-state index contributed by atoms with van der Waals surface area (Å²) in [6.45, 7) is 6.61. The lowest BCUT2D eigenvalue weighted by Crippen LogP contribution is -2.30. The van der Waals surface area contributed by atoms with Gasteiger partial charge in [0.15, 0.2) is 6.10 Å². The third kappa shape index (κ3) is 39.5. The van der Waals surface area contributed by atoms with Gasteiger partial charge in [-0.3, -0.25) is 14.4 Å². The topological polar surface area (TPSA) is 78.9 Å². The summed E-state index contributed by atoms with van der Waals surface area (Å²) in [5.41, 5.74) is 0. The Morgan fingerprint density at radius 2 is 0.529 bits per heavy atom. The van der Waals surface area contributed by atoms with E-state index in [0.29, 0.717) is 19.3 Å². The van der Waals surface area contributed by atoms with Gasteiger partial charge >= 0.3 is 17.9 Å². The van der Waals surface area contributed by atoms with Crippen LogP contribution in [-0.4, -0.2) is 37.2 Å². The molecule has 302 valence electrons. The van der Waals surface area contributed by atoms with Gasteiger partial charge in [0, 0.05) is 19.3 Å². The first kappa shape index (κ1) is 49.4. The van der Waals surface area contributed by atoms with Gasteiger partial charge < -0.3 is 14.2 Å². The van der Waals surface area contributed by atoms with Gasteiger partial charge in [0.05, 0.1) is 0 Å². The number of carbonyl (C=O) groups is 3. The quantitative estimate of drug-likeness (QED) is 0.0355. The molecule has 0 amide bonds. The van der Waals surface area contributed by atoms with Crippen LogP contribution >= 0.6 is 0 Å². The monoisotopic (exact) mass is 723 g/mol. The van der Waals surface area contributed by atoms with Crippen LogP contribution in [-0.2, 0) is 28.6 Å². The Hall–Kier alpha value is -1.59. The average molecular weight is 723 g/mol. The van der Waals surface area contributed by atoms with Crippen molar-refractivity contribution in [2.75, 3.05) is 13.2 Å². The molecule has 6 nitrogen and oxygen atoms in total. The molecular formula is C45H86O6. The zero-order chi connectivity index (χ0) is 37.3. The van der Waals surface area contributed by atoms with Gasteiger partial charge in [0.1, 0.15) is 13.2 Å². The summed E-state index contributed by atoms with van der Waals surface area (Å²) in [6, 6.07) is 0. The number of rotatable bonds is 41. The molecule has 0 atom stereocenters. The molecule has 0 aliphatic heterocycles. The lowest BCUT2D eigenvalue weighted by atomic mass is 10.0. The molecule has 0 aromatic heterocycles. The molecule has 0 aromatic rings. The van der Waals surface area contributed by atoms with Crippen molar-refractivity contribution in [2.45, 2.75) is 258 Å². The molecule has 0 unspecified atom stereocenters. The summed E-state index contributed by atoms with van der Waals surface area (Å²) in [5, 5.41) is 0. The Labute approximate surface area is 317 Å². The van der Waals surface area contributed by atoms with Crippen molar-refractivity contribution >= 4 is 17.9 Å². The van der Waals surface area contributed by atoms with Crippen LogP contribution in [0.3, 0.4) is 0 Å². The normalized spacial score (nSPS) is 11.3. The van der Waals surface area contributed by atoms with Crippen LogP contribution in [0.25, 0.3) is 0 Å². The van der Waals surface area contributed by atoms with Gasteiger partial charge in [-0.1, -0.05) is 213 Å². The predicted octanol–water partition coefficient (Wildman–Crippen LogP) is 14.1. The molecule has 0 bridgehead atoms. The van der Waals surface area contributed by atoms with Gasteiger partial charge in [-0.15, -0.1) is 0 Å². The van der Waals surface area contributed by atoms with Gasteiger partial charge in [-0.05, 0) is 19.3 Å². The SMILES string of the molecule is CCCCCCCCCCCCCCCC(=O)OCC(COC(=O)CCCCCCCCCCCCCCC)OC(=O)CCCCCCCCC. The second-order valence-electron chi connectivity index (χ2n) is 15.3. The minimum atomic E-state index is -0.756. The molecule has 0 radical (unpaired) electrons. The summed E-state index contributed by atoms with van der Waals surface area (Å²) in [5.74, 6) is -0.859. The molecule has 0 saturated heterocycles.